The predicted molar refractivity (Wildman–Crippen MR) is 90.4 cm³/mol. The van der Waals surface area contributed by atoms with Crippen LogP contribution in [0.25, 0.3) is 0 Å². The van der Waals surface area contributed by atoms with E-state index in [1.54, 1.807) is 6.92 Å². The fourth-order valence-electron chi connectivity index (χ4n) is 3.73. The van der Waals surface area contributed by atoms with Gasteiger partial charge in [0.2, 0.25) is 0 Å². The zero-order valence-corrected chi connectivity index (χ0v) is 14.2. The van der Waals surface area contributed by atoms with E-state index in [0.29, 0.717) is 19.1 Å². The molecule has 0 radical (unpaired) electrons. The van der Waals surface area contributed by atoms with Crippen molar-refractivity contribution >= 4 is 17.3 Å². The molecule has 0 N–H and O–H groups in total. The Morgan fingerprint density at radius 3 is 2.72 bits per heavy atom. The van der Waals surface area contributed by atoms with Crippen molar-refractivity contribution in [2.75, 3.05) is 37.7 Å². The number of ether oxygens (including phenoxy) is 1. The Morgan fingerprint density at radius 2 is 2.08 bits per heavy atom. The summed E-state index contributed by atoms with van der Waals surface area (Å²) in [5.74, 6) is -1.48. The third-order valence-corrected chi connectivity index (χ3v) is 4.89. The molecule has 1 unspecified atom stereocenters. The maximum absolute atomic E-state index is 14.7. The summed E-state index contributed by atoms with van der Waals surface area (Å²) in [5.41, 5.74) is -0.402. The van der Waals surface area contributed by atoms with Crippen molar-refractivity contribution in [1.29, 1.82) is 0 Å². The number of hydrogen-bond acceptors (Lipinski definition) is 6. The quantitative estimate of drug-likeness (QED) is 0.461. The number of esters is 1. The maximum Gasteiger partial charge on any atom is 0.340 e. The van der Waals surface area contributed by atoms with Crippen LogP contribution in [0, 0.1) is 15.9 Å². The first kappa shape index (κ1) is 17.6. The summed E-state index contributed by atoms with van der Waals surface area (Å²) in [5, 5.41) is 11.0. The number of rotatable bonds is 5. The second-order valence-electron chi connectivity index (χ2n) is 6.43. The van der Waals surface area contributed by atoms with Crippen molar-refractivity contribution in [3.05, 3.63) is 33.6 Å². The highest BCUT2D eigenvalue weighted by Crippen LogP contribution is 2.33. The zero-order valence-electron chi connectivity index (χ0n) is 14.2. The first-order chi connectivity index (χ1) is 12.0. The molecular formula is C17H22FN3O4. The van der Waals surface area contributed by atoms with Crippen LogP contribution in [-0.4, -0.2) is 54.6 Å². The number of benzene rings is 1. The summed E-state index contributed by atoms with van der Waals surface area (Å²) >= 11 is 0. The second kappa shape index (κ2) is 7.35. The Bertz CT molecular complexity index is 676. The molecule has 0 amide bonds. The van der Waals surface area contributed by atoms with Crippen molar-refractivity contribution in [2.24, 2.45) is 0 Å². The van der Waals surface area contributed by atoms with E-state index in [2.05, 4.69) is 4.90 Å². The Hall–Kier alpha value is -2.22. The zero-order chi connectivity index (χ0) is 18.0. The lowest BCUT2D eigenvalue weighted by molar-refractivity contribution is -0.385. The molecule has 1 aromatic carbocycles. The van der Waals surface area contributed by atoms with Crippen LogP contribution in [0.5, 0.6) is 0 Å². The number of carbonyl (C=O) groups is 1. The van der Waals surface area contributed by atoms with E-state index in [0.717, 1.165) is 31.6 Å². The van der Waals surface area contributed by atoms with Crippen molar-refractivity contribution in [3.63, 3.8) is 0 Å². The summed E-state index contributed by atoms with van der Waals surface area (Å²) < 4.78 is 19.6. The standard InChI is InChI=1S/C17H22FN3O4/c1-2-25-17(22)14-9-13(21(23)24)10-15(18)16(14)20-8-5-12(11-20)19-6-3-4-7-19/h9-10,12H,2-8,11H2,1H3. The summed E-state index contributed by atoms with van der Waals surface area (Å²) in [6.45, 7) is 5.09. The van der Waals surface area contributed by atoms with Gasteiger partial charge in [0.15, 0.2) is 5.82 Å². The highest BCUT2D eigenvalue weighted by molar-refractivity contribution is 5.97. The van der Waals surface area contributed by atoms with Gasteiger partial charge >= 0.3 is 5.97 Å². The highest BCUT2D eigenvalue weighted by Gasteiger charge is 2.33. The summed E-state index contributed by atoms with van der Waals surface area (Å²) in [6, 6.07) is 2.31. The lowest BCUT2D eigenvalue weighted by Crippen LogP contribution is -2.35. The molecule has 0 aliphatic carbocycles. The summed E-state index contributed by atoms with van der Waals surface area (Å²) in [4.78, 5) is 26.8. The van der Waals surface area contributed by atoms with E-state index in [-0.39, 0.29) is 17.9 Å². The molecule has 7 nitrogen and oxygen atoms in total. The number of nitrogens with zero attached hydrogens (tertiary/aromatic N) is 3. The van der Waals surface area contributed by atoms with Crippen LogP contribution in [0.4, 0.5) is 15.8 Å². The van der Waals surface area contributed by atoms with Gasteiger partial charge in [0.05, 0.1) is 28.8 Å². The molecule has 2 aliphatic heterocycles. The highest BCUT2D eigenvalue weighted by atomic mass is 19.1. The first-order valence-electron chi connectivity index (χ1n) is 8.65. The molecule has 8 heteroatoms. The molecule has 0 spiro atoms. The van der Waals surface area contributed by atoms with Gasteiger partial charge in [0.1, 0.15) is 0 Å². The molecular weight excluding hydrogens is 329 g/mol. The first-order valence-corrected chi connectivity index (χ1v) is 8.65. The molecule has 3 rings (SSSR count). The fourth-order valence-corrected chi connectivity index (χ4v) is 3.73. The van der Waals surface area contributed by atoms with Crippen molar-refractivity contribution in [1.82, 2.24) is 4.90 Å². The summed E-state index contributed by atoms with van der Waals surface area (Å²) in [7, 11) is 0. The third kappa shape index (κ3) is 3.58. The van der Waals surface area contributed by atoms with Gasteiger partial charge in [-0.15, -0.1) is 0 Å². The van der Waals surface area contributed by atoms with Crippen LogP contribution in [0.3, 0.4) is 0 Å². The number of likely N-dealkylation sites (tertiary alicyclic amines) is 1. The third-order valence-electron chi connectivity index (χ3n) is 4.89. The topological polar surface area (TPSA) is 75.9 Å². The van der Waals surface area contributed by atoms with E-state index in [1.165, 1.54) is 12.8 Å². The number of non-ortho nitro benzene ring substituents is 1. The van der Waals surface area contributed by atoms with Crippen LogP contribution in [-0.2, 0) is 4.74 Å². The SMILES string of the molecule is CCOC(=O)c1cc([N+](=O)[O-])cc(F)c1N1CCC(N2CCCC2)C1. The molecule has 1 atom stereocenters. The average molecular weight is 351 g/mol. The van der Waals surface area contributed by atoms with Crippen LogP contribution >= 0.6 is 0 Å². The molecule has 25 heavy (non-hydrogen) atoms. The van der Waals surface area contributed by atoms with Gasteiger partial charge in [-0.3, -0.25) is 15.0 Å². The fraction of sp³-hybridized carbons (Fsp3) is 0.588. The van der Waals surface area contributed by atoms with Gasteiger partial charge < -0.3 is 9.64 Å². The number of hydrogen-bond donors (Lipinski definition) is 0. The van der Waals surface area contributed by atoms with Gasteiger partial charge in [-0.25, -0.2) is 9.18 Å². The average Bonchev–Trinajstić information content (AvgIpc) is 3.25. The molecule has 0 saturated carbocycles. The van der Waals surface area contributed by atoms with Gasteiger partial charge in [0.25, 0.3) is 5.69 Å². The van der Waals surface area contributed by atoms with Crippen LogP contribution < -0.4 is 4.90 Å². The van der Waals surface area contributed by atoms with E-state index in [4.69, 9.17) is 4.74 Å². The minimum absolute atomic E-state index is 0.0735. The van der Waals surface area contributed by atoms with E-state index >= 15 is 0 Å². The van der Waals surface area contributed by atoms with Gasteiger partial charge in [-0.05, 0) is 39.3 Å². The molecule has 0 aromatic heterocycles. The largest absolute Gasteiger partial charge is 0.462 e. The van der Waals surface area contributed by atoms with Crippen molar-refractivity contribution in [3.8, 4) is 0 Å². The maximum atomic E-state index is 14.7. The minimum atomic E-state index is -0.751. The predicted octanol–water partition coefficient (Wildman–Crippen LogP) is 2.59. The monoisotopic (exact) mass is 351 g/mol. The lowest BCUT2D eigenvalue weighted by atomic mass is 10.1. The van der Waals surface area contributed by atoms with Gasteiger partial charge in [-0.2, -0.15) is 0 Å². The van der Waals surface area contributed by atoms with E-state index < -0.39 is 22.4 Å². The minimum Gasteiger partial charge on any atom is -0.462 e. The number of carbonyl (C=O) groups excluding carboxylic acids is 1. The van der Waals surface area contributed by atoms with Crippen molar-refractivity contribution in [2.45, 2.75) is 32.2 Å². The van der Waals surface area contributed by atoms with Crippen LogP contribution in [0.15, 0.2) is 12.1 Å². The van der Waals surface area contributed by atoms with Gasteiger partial charge in [0, 0.05) is 25.2 Å². The lowest BCUT2D eigenvalue weighted by Gasteiger charge is -2.25. The normalized spacial score (nSPS) is 20.9. The molecule has 2 saturated heterocycles. The molecule has 2 aliphatic rings. The second-order valence-corrected chi connectivity index (χ2v) is 6.43. The molecule has 2 fully saturated rings. The molecule has 1 aromatic rings. The Balaban J connectivity index is 1.91. The Kier molecular flexibility index (Phi) is 5.17. The van der Waals surface area contributed by atoms with Crippen molar-refractivity contribution < 1.29 is 18.8 Å². The van der Waals surface area contributed by atoms with E-state index in [1.807, 2.05) is 4.90 Å². The number of nitro benzene ring substituents is 1. The van der Waals surface area contributed by atoms with Crippen LogP contribution in [0.2, 0.25) is 0 Å². The number of nitro groups is 1. The summed E-state index contributed by atoms with van der Waals surface area (Å²) in [6.07, 6.45) is 3.24. The van der Waals surface area contributed by atoms with Gasteiger partial charge in [-0.1, -0.05) is 0 Å². The number of halogens is 1. The molecule has 0 bridgehead atoms. The Morgan fingerprint density at radius 1 is 1.36 bits per heavy atom. The molecule has 136 valence electrons. The van der Waals surface area contributed by atoms with Crippen LogP contribution in [0.1, 0.15) is 36.5 Å². The smallest absolute Gasteiger partial charge is 0.340 e. The Labute approximate surface area is 145 Å². The number of anilines is 1. The van der Waals surface area contributed by atoms with E-state index in [9.17, 15) is 19.3 Å². The molecule has 2 heterocycles.